The first-order chi connectivity index (χ1) is 18.3. The predicted octanol–water partition coefficient (Wildman–Crippen LogP) is 5.08. The summed E-state index contributed by atoms with van der Waals surface area (Å²) in [6.07, 6.45) is -1.24. The molecule has 0 aliphatic carbocycles. The van der Waals surface area contributed by atoms with Crippen LogP contribution in [0.3, 0.4) is 0 Å². The zero-order valence-corrected chi connectivity index (χ0v) is 20.5. The van der Waals surface area contributed by atoms with Crippen LogP contribution in [0.5, 0.6) is 5.75 Å². The highest BCUT2D eigenvalue weighted by Crippen LogP contribution is 2.27. The topological polar surface area (TPSA) is 109 Å². The van der Waals surface area contributed by atoms with Crippen molar-refractivity contribution in [2.45, 2.75) is 39.8 Å². The van der Waals surface area contributed by atoms with E-state index in [4.69, 9.17) is 4.52 Å². The van der Waals surface area contributed by atoms with Gasteiger partial charge in [-0.3, -0.25) is 9.36 Å². The van der Waals surface area contributed by atoms with Crippen LogP contribution in [-0.2, 0) is 19.6 Å². The number of alkyl halides is 3. The first kappa shape index (κ1) is 25.0. The van der Waals surface area contributed by atoms with Gasteiger partial charge in [0.05, 0.1) is 18.8 Å². The number of anilines is 1. The van der Waals surface area contributed by atoms with E-state index < -0.39 is 6.36 Å². The lowest BCUT2D eigenvalue weighted by atomic mass is 10.2. The van der Waals surface area contributed by atoms with Gasteiger partial charge >= 0.3 is 6.36 Å². The molecule has 196 valence electrons. The minimum absolute atomic E-state index is 0.196. The molecule has 0 radical (unpaired) electrons. The summed E-state index contributed by atoms with van der Waals surface area (Å²) in [7, 11) is 0. The van der Waals surface area contributed by atoms with Crippen LogP contribution >= 0.6 is 0 Å². The van der Waals surface area contributed by atoms with Gasteiger partial charge in [-0.05, 0) is 67.9 Å². The second-order valence-corrected chi connectivity index (χ2v) is 8.37. The van der Waals surface area contributed by atoms with Gasteiger partial charge < -0.3 is 14.6 Å². The highest BCUT2D eigenvalue weighted by atomic mass is 19.4. The average molecular weight is 525 g/mol. The molecule has 4 aromatic heterocycles. The molecular formula is C25H23F3N8O2. The molecule has 5 rings (SSSR count). The second-order valence-electron chi connectivity index (χ2n) is 8.37. The van der Waals surface area contributed by atoms with Crippen LogP contribution < -0.4 is 10.1 Å². The lowest BCUT2D eigenvalue weighted by Crippen LogP contribution is -2.16. The monoisotopic (exact) mass is 524 g/mol. The Balaban J connectivity index is 1.26. The molecule has 0 fully saturated rings. The third-order valence-electron chi connectivity index (χ3n) is 5.68. The van der Waals surface area contributed by atoms with Crippen molar-refractivity contribution in [3.05, 3.63) is 77.9 Å². The number of nitrogens with zero attached hydrogens (tertiary/aromatic N) is 7. The molecule has 0 aliphatic rings. The number of aromatic nitrogens is 7. The van der Waals surface area contributed by atoms with E-state index >= 15 is 0 Å². The Labute approximate surface area is 215 Å². The summed E-state index contributed by atoms with van der Waals surface area (Å²) < 4.78 is 50.1. The van der Waals surface area contributed by atoms with Crippen molar-refractivity contribution in [1.29, 1.82) is 0 Å². The number of hydrogen-bond donors (Lipinski definition) is 1. The fourth-order valence-corrected chi connectivity index (χ4v) is 3.84. The van der Waals surface area contributed by atoms with Gasteiger partial charge in [0.2, 0.25) is 5.82 Å². The molecule has 1 aromatic carbocycles. The Morgan fingerprint density at radius 1 is 1.03 bits per heavy atom. The number of rotatable bonds is 9. The lowest BCUT2D eigenvalue weighted by Gasteiger charge is -2.09. The smallest absolute Gasteiger partial charge is 0.406 e. The normalized spacial score (nSPS) is 11.6. The number of nitrogens with one attached hydrogen (secondary N) is 1. The van der Waals surface area contributed by atoms with Crippen molar-refractivity contribution < 1.29 is 22.4 Å². The maximum atomic E-state index is 12.4. The molecule has 0 bridgehead atoms. The van der Waals surface area contributed by atoms with Gasteiger partial charge in [0.15, 0.2) is 5.69 Å². The Kier molecular flexibility index (Phi) is 6.81. The van der Waals surface area contributed by atoms with Crippen LogP contribution in [0.25, 0.3) is 23.0 Å². The molecule has 0 amide bonds. The van der Waals surface area contributed by atoms with Crippen molar-refractivity contribution in [1.82, 2.24) is 34.7 Å². The molecule has 0 spiro atoms. The third-order valence-corrected chi connectivity index (χ3v) is 5.68. The van der Waals surface area contributed by atoms with Gasteiger partial charge in [-0.25, -0.2) is 4.98 Å². The van der Waals surface area contributed by atoms with Crippen molar-refractivity contribution >= 4 is 5.82 Å². The van der Waals surface area contributed by atoms with E-state index in [-0.39, 0.29) is 17.5 Å². The van der Waals surface area contributed by atoms with Crippen LogP contribution in [0, 0.1) is 6.92 Å². The zero-order valence-electron chi connectivity index (χ0n) is 20.5. The SMILES string of the molecule is CCn1nccc1CNc1cc(Cn2nc(-c3nc(-c4ccc(OC(F)(F)F)cc4)no3)cc2C)ccn1. The summed E-state index contributed by atoms with van der Waals surface area (Å²) in [5, 5.41) is 16.1. The second kappa shape index (κ2) is 10.4. The van der Waals surface area contributed by atoms with E-state index in [0.717, 1.165) is 29.3 Å². The van der Waals surface area contributed by atoms with E-state index in [2.05, 4.69) is 35.4 Å². The molecule has 10 nitrogen and oxygen atoms in total. The van der Waals surface area contributed by atoms with Crippen LogP contribution in [0.4, 0.5) is 19.0 Å². The van der Waals surface area contributed by atoms with Crippen LogP contribution in [0.15, 0.2) is 65.4 Å². The van der Waals surface area contributed by atoms with Crippen molar-refractivity contribution in [3.8, 4) is 28.7 Å². The van der Waals surface area contributed by atoms with E-state index in [0.29, 0.717) is 24.3 Å². The number of pyridine rings is 1. The highest BCUT2D eigenvalue weighted by molar-refractivity contribution is 5.59. The molecule has 4 heterocycles. The number of halogens is 3. The quantitative estimate of drug-likeness (QED) is 0.284. The molecule has 38 heavy (non-hydrogen) atoms. The van der Waals surface area contributed by atoms with Gasteiger partial charge in [0, 0.05) is 30.2 Å². The van der Waals surface area contributed by atoms with E-state index in [1.165, 1.54) is 24.3 Å². The number of ether oxygens (including phenoxy) is 1. The standard InChI is InChI=1S/C25H23F3N8O2/c1-3-35-19(9-11-31-35)14-30-22-13-17(8-10-29-22)15-36-16(2)12-21(33-36)24-32-23(34-38-24)18-4-6-20(7-5-18)37-25(26,27)28/h4-13H,3,14-15H2,1-2H3,(H,29,30). The molecule has 0 saturated carbocycles. The van der Waals surface area contributed by atoms with E-state index in [9.17, 15) is 13.2 Å². The molecule has 0 unspecified atom stereocenters. The summed E-state index contributed by atoms with van der Waals surface area (Å²) in [4.78, 5) is 8.75. The van der Waals surface area contributed by atoms with Crippen LogP contribution in [0.1, 0.15) is 23.9 Å². The Bertz CT molecular complexity index is 1520. The van der Waals surface area contributed by atoms with Crippen molar-refractivity contribution in [3.63, 3.8) is 0 Å². The molecule has 0 saturated heterocycles. The maximum Gasteiger partial charge on any atom is 0.573 e. The Morgan fingerprint density at radius 2 is 1.84 bits per heavy atom. The largest absolute Gasteiger partial charge is 0.573 e. The van der Waals surface area contributed by atoms with E-state index in [1.807, 2.05) is 47.5 Å². The Hall–Kier alpha value is -4.68. The summed E-state index contributed by atoms with van der Waals surface area (Å²) >= 11 is 0. The van der Waals surface area contributed by atoms with Crippen LogP contribution in [-0.4, -0.2) is 41.0 Å². The van der Waals surface area contributed by atoms with Gasteiger partial charge in [-0.1, -0.05) is 5.16 Å². The fourth-order valence-electron chi connectivity index (χ4n) is 3.84. The molecule has 13 heteroatoms. The minimum Gasteiger partial charge on any atom is -0.406 e. The summed E-state index contributed by atoms with van der Waals surface area (Å²) in [6.45, 7) is 5.85. The maximum absolute atomic E-state index is 12.4. The summed E-state index contributed by atoms with van der Waals surface area (Å²) in [5.74, 6) is 0.827. The van der Waals surface area contributed by atoms with Gasteiger partial charge in [-0.15, -0.1) is 13.2 Å². The predicted molar refractivity (Wildman–Crippen MR) is 131 cm³/mol. The fraction of sp³-hybridized carbons (Fsp3) is 0.240. The first-order valence-corrected chi connectivity index (χ1v) is 11.7. The zero-order chi connectivity index (χ0) is 26.7. The number of benzene rings is 1. The molecule has 0 atom stereocenters. The highest BCUT2D eigenvalue weighted by Gasteiger charge is 2.31. The first-order valence-electron chi connectivity index (χ1n) is 11.7. The molecule has 5 aromatic rings. The third kappa shape index (κ3) is 5.82. The lowest BCUT2D eigenvalue weighted by molar-refractivity contribution is -0.274. The molecular weight excluding hydrogens is 501 g/mol. The van der Waals surface area contributed by atoms with Crippen molar-refractivity contribution in [2.24, 2.45) is 0 Å². The molecule has 1 N–H and O–H groups in total. The van der Waals surface area contributed by atoms with Gasteiger partial charge in [-0.2, -0.15) is 15.2 Å². The van der Waals surface area contributed by atoms with Gasteiger partial charge in [0.1, 0.15) is 11.6 Å². The number of aryl methyl sites for hydroxylation is 2. The number of hydrogen-bond acceptors (Lipinski definition) is 8. The van der Waals surface area contributed by atoms with E-state index in [1.54, 1.807) is 12.4 Å². The minimum atomic E-state index is -4.76. The van der Waals surface area contributed by atoms with Crippen LogP contribution in [0.2, 0.25) is 0 Å². The van der Waals surface area contributed by atoms with Crippen molar-refractivity contribution in [2.75, 3.05) is 5.32 Å². The molecule has 0 aliphatic heterocycles. The Morgan fingerprint density at radius 3 is 2.61 bits per heavy atom. The summed E-state index contributed by atoms with van der Waals surface area (Å²) in [5.41, 5.74) is 3.91. The van der Waals surface area contributed by atoms with Gasteiger partial charge in [0.25, 0.3) is 5.89 Å². The average Bonchev–Trinajstić information content (AvgIpc) is 3.63. The summed E-state index contributed by atoms with van der Waals surface area (Å²) in [6, 6.07) is 12.9.